The minimum Gasteiger partial charge on any atom is -0.444 e. The quantitative estimate of drug-likeness (QED) is 0.0913. The summed E-state index contributed by atoms with van der Waals surface area (Å²) in [5.41, 5.74) is 9.17. The van der Waals surface area contributed by atoms with Gasteiger partial charge in [0.25, 0.3) is 0 Å². The number of aryl methyl sites for hydroxylation is 4. The van der Waals surface area contributed by atoms with Crippen LogP contribution in [0.1, 0.15) is 164 Å². The van der Waals surface area contributed by atoms with Crippen molar-refractivity contribution in [2.45, 2.75) is 214 Å². The molecule has 2 fully saturated rings. The van der Waals surface area contributed by atoms with E-state index >= 15 is 0 Å². The van der Waals surface area contributed by atoms with Gasteiger partial charge in [0.05, 0.1) is 12.6 Å². The number of benzene rings is 4. The second-order valence-electron chi connectivity index (χ2n) is 26.0. The molecular formula is C68H102N6O9. The number of nitrogens with two attached hydrogens (primary N) is 1. The Morgan fingerprint density at radius 2 is 0.747 bits per heavy atom. The molecule has 4 aromatic carbocycles. The van der Waals surface area contributed by atoms with Crippen molar-refractivity contribution in [2.75, 3.05) is 39.3 Å². The molecule has 0 aromatic heterocycles. The molecule has 0 radical (unpaired) electrons. The van der Waals surface area contributed by atoms with Gasteiger partial charge < -0.3 is 44.7 Å². The van der Waals surface area contributed by atoms with Crippen LogP contribution in [0.2, 0.25) is 0 Å². The molecule has 0 aliphatic carbocycles. The lowest BCUT2D eigenvalue weighted by molar-refractivity contribution is -0.129. The highest BCUT2D eigenvalue weighted by Gasteiger charge is 2.41. The Kier molecular flexibility index (Phi) is 27.9. The van der Waals surface area contributed by atoms with Crippen LogP contribution >= 0.6 is 0 Å². The van der Waals surface area contributed by atoms with E-state index < -0.39 is 40.6 Å². The second-order valence-corrected chi connectivity index (χ2v) is 26.0. The zero-order valence-electron chi connectivity index (χ0n) is 52.6. The van der Waals surface area contributed by atoms with E-state index in [0.717, 1.165) is 64.2 Å². The van der Waals surface area contributed by atoms with Crippen molar-refractivity contribution in [1.82, 2.24) is 24.9 Å². The molecule has 458 valence electrons. The summed E-state index contributed by atoms with van der Waals surface area (Å²) in [6.45, 7) is 25.6. The molecule has 0 bridgehead atoms. The maximum atomic E-state index is 13.9. The van der Waals surface area contributed by atoms with Gasteiger partial charge in [0, 0.05) is 44.8 Å². The molecule has 2 heterocycles. The summed E-state index contributed by atoms with van der Waals surface area (Å²) in [4.78, 5) is 70.3. The molecule has 6 rings (SSSR count). The van der Waals surface area contributed by atoms with Crippen molar-refractivity contribution < 1.29 is 42.9 Å². The fourth-order valence-corrected chi connectivity index (χ4v) is 9.63. The van der Waals surface area contributed by atoms with E-state index in [-0.39, 0.29) is 49.8 Å². The maximum Gasteiger partial charge on any atom is 0.411 e. The highest BCUT2D eigenvalue weighted by Crippen LogP contribution is 2.22. The third-order valence-electron chi connectivity index (χ3n) is 13.7. The van der Waals surface area contributed by atoms with Gasteiger partial charge in [-0.1, -0.05) is 121 Å². The number of piperazine rings is 2. The molecule has 2 saturated heterocycles. The van der Waals surface area contributed by atoms with E-state index in [4.69, 9.17) is 24.7 Å². The molecule has 3 N–H and O–H groups in total. The van der Waals surface area contributed by atoms with Gasteiger partial charge in [-0.15, -0.1) is 0 Å². The summed E-state index contributed by atoms with van der Waals surface area (Å²) in [7, 11) is 0. The summed E-state index contributed by atoms with van der Waals surface area (Å²) in [6, 6.07) is 41.3. The van der Waals surface area contributed by atoms with E-state index in [1.54, 1.807) is 30.6 Å². The molecule has 2 aliphatic heterocycles. The Bertz CT molecular complexity index is 2430. The first-order valence-corrected chi connectivity index (χ1v) is 30.2. The third kappa shape index (κ3) is 28.5. The Morgan fingerprint density at radius 3 is 1.08 bits per heavy atom. The molecule has 2 atom stereocenters. The number of rotatable bonds is 18. The van der Waals surface area contributed by atoms with Crippen molar-refractivity contribution in [3.8, 4) is 0 Å². The van der Waals surface area contributed by atoms with Crippen molar-refractivity contribution in [2.24, 2.45) is 5.73 Å². The van der Waals surface area contributed by atoms with E-state index in [9.17, 15) is 24.0 Å². The fraction of sp³-hybridized carbons (Fsp3) is 0.574. The Morgan fingerprint density at radius 1 is 0.446 bits per heavy atom. The summed E-state index contributed by atoms with van der Waals surface area (Å²) >= 11 is 0. The number of carbonyl (C=O) groups excluding carboxylic acids is 5. The van der Waals surface area contributed by atoms with Gasteiger partial charge in [-0.25, -0.2) is 19.2 Å². The molecule has 2 unspecified atom stereocenters. The lowest BCUT2D eigenvalue weighted by Crippen LogP contribution is -2.63. The van der Waals surface area contributed by atoms with Crippen LogP contribution in [0.5, 0.6) is 0 Å². The molecule has 4 aromatic rings. The zero-order chi connectivity index (χ0) is 61.2. The Balaban J connectivity index is 0.000000300. The van der Waals surface area contributed by atoms with Crippen LogP contribution in [-0.2, 0) is 49.4 Å². The molecule has 83 heavy (non-hydrogen) atoms. The standard InChI is InChI=1S/C34H49N3O5.C19H25N.C15H28N2O4/c1-33(2,3)41-31(39)36-23-24-37(32(40)42-34(4,5)6)29(25-36)30(38)35-28(21-13-19-26-15-9-7-10-16-26)22-14-20-27-17-11-8-12-18-27;20-19(15-7-13-17-9-3-1-4-10-17)16-8-14-18-11-5-2-6-12-18;1-11-10-16(12(18)20-14(2,3)4)8-9-17(11)13(19)21-15(5,6)7/h7-12,15-18,28-29H,13-14,19-25H2,1-6H3,(H,35,38);1-6,9-12,19H,7-8,13-16,20H2;11H,8-10H2,1-7H3. The Hall–Kier alpha value is -6.61. The number of hydrogen-bond acceptors (Lipinski definition) is 10. The zero-order valence-corrected chi connectivity index (χ0v) is 52.6. The average molecular weight is 1150 g/mol. The van der Waals surface area contributed by atoms with Crippen LogP contribution in [-0.4, -0.2) is 136 Å². The van der Waals surface area contributed by atoms with Crippen LogP contribution in [0.4, 0.5) is 19.2 Å². The lowest BCUT2D eigenvalue weighted by atomic mass is 9.98. The van der Waals surface area contributed by atoms with E-state index in [1.807, 2.05) is 106 Å². The van der Waals surface area contributed by atoms with Gasteiger partial charge in [-0.05, 0) is 189 Å². The molecule has 0 spiro atoms. The van der Waals surface area contributed by atoms with E-state index in [0.29, 0.717) is 25.7 Å². The second kappa shape index (κ2) is 33.6. The van der Waals surface area contributed by atoms with Crippen LogP contribution in [0.15, 0.2) is 121 Å². The molecule has 0 saturated carbocycles. The molecule has 15 heteroatoms. The van der Waals surface area contributed by atoms with Gasteiger partial charge in [0.1, 0.15) is 28.4 Å². The van der Waals surface area contributed by atoms with Crippen LogP contribution in [0.3, 0.4) is 0 Å². The number of nitrogens with one attached hydrogen (secondary N) is 1. The normalized spacial score (nSPS) is 15.8. The Labute approximate surface area is 498 Å². The first-order chi connectivity index (χ1) is 39.0. The number of amides is 5. The topological polar surface area (TPSA) is 173 Å². The van der Waals surface area contributed by atoms with Gasteiger partial charge in [0.2, 0.25) is 5.91 Å². The number of ether oxygens (including phenoxy) is 4. The van der Waals surface area contributed by atoms with Crippen molar-refractivity contribution in [1.29, 1.82) is 0 Å². The van der Waals surface area contributed by atoms with Gasteiger partial charge in [0.15, 0.2) is 0 Å². The summed E-state index contributed by atoms with van der Waals surface area (Å²) in [6.07, 6.45) is 10.5. The van der Waals surface area contributed by atoms with Gasteiger partial charge in [-0.3, -0.25) is 9.69 Å². The number of hydrogen-bond donors (Lipinski definition) is 2. The van der Waals surface area contributed by atoms with Crippen molar-refractivity contribution in [3.63, 3.8) is 0 Å². The highest BCUT2D eigenvalue weighted by atomic mass is 16.6. The van der Waals surface area contributed by atoms with Crippen molar-refractivity contribution in [3.05, 3.63) is 144 Å². The predicted molar refractivity (Wildman–Crippen MR) is 332 cm³/mol. The number of nitrogens with zero attached hydrogens (tertiary/aromatic N) is 4. The number of carbonyl (C=O) groups is 5. The van der Waals surface area contributed by atoms with Crippen LogP contribution < -0.4 is 11.1 Å². The van der Waals surface area contributed by atoms with E-state index in [2.05, 4.69) is 90.2 Å². The smallest absolute Gasteiger partial charge is 0.411 e. The first-order valence-electron chi connectivity index (χ1n) is 30.2. The van der Waals surface area contributed by atoms with Gasteiger partial charge in [-0.2, -0.15) is 0 Å². The summed E-state index contributed by atoms with van der Waals surface area (Å²) in [5, 5.41) is 3.25. The predicted octanol–water partition coefficient (Wildman–Crippen LogP) is 13.6. The lowest BCUT2D eigenvalue weighted by Gasteiger charge is -2.41. The first kappa shape index (κ1) is 68.9. The minimum absolute atomic E-state index is 0.0424. The maximum absolute atomic E-state index is 13.9. The molecule has 5 amide bonds. The molecular weight excluding hydrogens is 1040 g/mol. The summed E-state index contributed by atoms with van der Waals surface area (Å²) in [5.74, 6) is -0.279. The van der Waals surface area contributed by atoms with Crippen LogP contribution in [0, 0.1) is 0 Å². The van der Waals surface area contributed by atoms with Crippen molar-refractivity contribution >= 4 is 30.3 Å². The third-order valence-corrected chi connectivity index (χ3v) is 13.7. The summed E-state index contributed by atoms with van der Waals surface area (Å²) < 4.78 is 21.9. The molecule has 2 aliphatic rings. The fourth-order valence-electron chi connectivity index (χ4n) is 9.63. The monoisotopic (exact) mass is 1150 g/mol. The van der Waals surface area contributed by atoms with Gasteiger partial charge >= 0.3 is 24.4 Å². The highest BCUT2D eigenvalue weighted by molar-refractivity contribution is 5.87. The minimum atomic E-state index is -0.883. The average Bonchev–Trinajstić information content (AvgIpc) is 3.56. The van der Waals surface area contributed by atoms with E-state index in [1.165, 1.54) is 44.9 Å². The SMILES string of the molecule is CC(C)(C)OC(=O)N1CCN(C(=O)OC(C)(C)C)C(C(=O)NC(CCCc2ccccc2)CCCc2ccccc2)C1.CC1CN(C(=O)OC(C)(C)C)CCN1C(=O)OC(C)(C)C.NC(CCCc1ccccc1)CCCc1ccccc1. The molecule has 15 nitrogen and oxygen atoms in total. The largest absolute Gasteiger partial charge is 0.444 e. The van der Waals surface area contributed by atoms with Crippen LogP contribution in [0.25, 0.3) is 0 Å².